The van der Waals surface area contributed by atoms with Gasteiger partial charge in [-0.05, 0) is 80.7 Å². The summed E-state index contributed by atoms with van der Waals surface area (Å²) in [5.74, 6) is -0.553. The average Bonchev–Trinajstić information content (AvgIpc) is 3.87. The number of aliphatic hydroxyl groups is 2. The highest BCUT2D eigenvalue weighted by Gasteiger charge is 2.74. The summed E-state index contributed by atoms with van der Waals surface area (Å²) in [6.07, 6.45) is 8.35. The zero-order chi connectivity index (χ0) is 37.8. The van der Waals surface area contributed by atoms with Crippen LogP contribution in [0.1, 0.15) is 74.8 Å². The molecule has 1 aromatic heterocycles. The van der Waals surface area contributed by atoms with Crippen molar-refractivity contribution in [2.24, 2.45) is 11.3 Å². The topological polar surface area (TPSA) is 137 Å². The van der Waals surface area contributed by atoms with E-state index >= 15 is 4.79 Å². The van der Waals surface area contributed by atoms with Gasteiger partial charge in [0.1, 0.15) is 11.2 Å². The number of aromatic amines is 1. The molecule has 6 unspecified atom stereocenters. The van der Waals surface area contributed by atoms with Crippen molar-refractivity contribution in [3.8, 4) is 5.75 Å². The number of carbonyl (C=O) groups is 2. The van der Waals surface area contributed by atoms with Gasteiger partial charge in [-0.1, -0.05) is 44.2 Å². The summed E-state index contributed by atoms with van der Waals surface area (Å²) in [4.78, 5) is 37.6. The molecule has 1 saturated carbocycles. The van der Waals surface area contributed by atoms with Crippen molar-refractivity contribution in [3.63, 3.8) is 0 Å². The second-order valence-corrected chi connectivity index (χ2v) is 17.2. The van der Waals surface area contributed by atoms with Crippen LogP contribution in [0.2, 0.25) is 0 Å². The molecule has 9 rings (SSSR count). The number of hydrogen-bond donors (Lipinski definition) is 4. The van der Waals surface area contributed by atoms with Gasteiger partial charge in [-0.25, -0.2) is 4.79 Å². The maximum atomic E-state index is 15.2. The molecule has 6 aliphatic rings. The van der Waals surface area contributed by atoms with E-state index in [1.165, 1.54) is 14.2 Å². The van der Waals surface area contributed by atoms with Crippen molar-refractivity contribution in [2.45, 2.75) is 92.9 Å². The lowest BCUT2D eigenvalue weighted by atomic mass is 9.49. The highest BCUT2D eigenvalue weighted by molar-refractivity contribution is 5.94. The van der Waals surface area contributed by atoms with Crippen LogP contribution in [0.4, 0.5) is 5.69 Å². The minimum absolute atomic E-state index is 0.00497. The van der Waals surface area contributed by atoms with Crippen molar-refractivity contribution >= 4 is 28.5 Å². The minimum atomic E-state index is -1.82. The maximum absolute atomic E-state index is 15.2. The summed E-state index contributed by atoms with van der Waals surface area (Å²) in [6.45, 7) is 7.86. The number of fused-ring (bicyclic) bond motifs is 6. The van der Waals surface area contributed by atoms with Crippen LogP contribution in [0.25, 0.3) is 10.9 Å². The average molecular weight is 739 g/mol. The van der Waals surface area contributed by atoms with Crippen LogP contribution in [-0.4, -0.2) is 114 Å². The monoisotopic (exact) mass is 738 g/mol. The van der Waals surface area contributed by atoms with E-state index < -0.39 is 39.5 Å². The van der Waals surface area contributed by atoms with E-state index in [1.807, 2.05) is 25.1 Å². The highest BCUT2D eigenvalue weighted by atomic mass is 16.5. The molecule has 2 bridgehead atoms. The number of aromatic nitrogens is 1. The number of esters is 2. The number of ether oxygens (including phenoxy) is 3. The second-order valence-electron chi connectivity index (χ2n) is 17.2. The van der Waals surface area contributed by atoms with Crippen LogP contribution in [-0.2, 0) is 36.3 Å². The number of hydrogen-bond acceptors (Lipinski definition) is 10. The van der Waals surface area contributed by atoms with E-state index in [2.05, 4.69) is 57.4 Å². The lowest BCUT2D eigenvalue weighted by Crippen LogP contribution is -2.73. The number of nitrogens with zero attached hydrogens (tertiary/aromatic N) is 2. The van der Waals surface area contributed by atoms with Crippen molar-refractivity contribution in [1.29, 1.82) is 0 Å². The minimum Gasteiger partial charge on any atom is -0.496 e. The first-order valence-electron chi connectivity index (χ1n) is 19.8. The third kappa shape index (κ3) is 4.61. The van der Waals surface area contributed by atoms with Crippen molar-refractivity contribution < 1.29 is 34.0 Å². The molecule has 4 N–H and O–H groups in total. The Balaban J connectivity index is 1.34. The Hall–Kier alpha value is -3.90. The maximum Gasteiger partial charge on any atom is 0.340 e. The number of rotatable bonds is 6. The summed E-state index contributed by atoms with van der Waals surface area (Å²) >= 11 is 0. The fraction of sp³-hybridized carbons (Fsp3) is 0.581. The van der Waals surface area contributed by atoms with Gasteiger partial charge in [0.2, 0.25) is 0 Å². The Morgan fingerprint density at radius 2 is 1.78 bits per heavy atom. The van der Waals surface area contributed by atoms with Crippen molar-refractivity contribution in [3.05, 3.63) is 70.9 Å². The molecular weight excluding hydrogens is 684 g/mol. The number of piperidine rings is 1. The predicted octanol–water partition coefficient (Wildman–Crippen LogP) is 4.43. The molecule has 1 spiro atoms. The first kappa shape index (κ1) is 35.8. The molecule has 6 heterocycles. The predicted molar refractivity (Wildman–Crippen MR) is 205 cm³/mol. The Kier molecular flexibility index (Phi) is 8.15. The van der Waals surface area contributed by atoms with Crippen LogP contribution in [0, 0.1) is 11.3 Å². The molecule has 2 saturated heterocycles. The number of benzene rings is 2. The second kappa shape index (κ2) is 12.3. The largest absolute Gasteiger partial charge is 0.496 e. The smallest absolute Gasteiger partial charge is 0.340 e. The zero-order valence-electron chi connectivity index (χ0n) is 32.2. The van der Waals surface area contributed by atoms with Crippen LogP contribution in [0.3, 0.4) is 0 Å². The van der Waals surface area contributed by atoms with E-state index in [9.17, 15) is 15.0 Å². The third-order valence-electron chi connectivity index (χ3n) is 14.8. The lowest BCUT2D eigenvalue weighted by Gasteiger charge is -2.60. The van der Waals surface area contributed by atoms with Gasteiger partial charge < -0.3 is 34.7 Å². The van der Waals surface area contributed by atoms with Gasteiger partial charge in [0.15, 0.2) is 5.60 Å². The number of carbonyl (C=O) groups excluding carboxylic acids is 2. The number of methoxy groups -OCH3 is 3. The van der Waals surface area contributed by atoms with E-state index in [0.29, 0.717) is 50.0 Å². The summed E-state index contributed by atoms with van der Waals surface area (Å²) < 4.78 is 17.6. The Bertz CT molecular complexity index is 2060. The van der Waals surface area contributed by atoms with Crippen LogP contribution < -0.4 is 10.1 Å². The molecule has 0 radical (unpaired) electrons. The molecule has 0 amide bonds. The molecule has 3 fully saturated rings. The zero-order valence-corrected chi connectivity index (χ0v) is 32.2. The SMILES string of the molecule is CCC1(O)CC2CN(CCc3c([nH]c4ccccc34)[C@@](C(=O)OC)(c3cc4c(cc3OC)N[C@@H]3C45CCN4CC=CC(CC)(C[C@]3(O)C(=O)OC)C45)C2)C1. The first-order valence-corrected chi connectivity index (χ1v) is 19.8. The molecule has 9 atom stereocenters. The molecule has 11 nitrogen and oxygen atoms in total. The van der Waals surface area contributed by atoms with Gasteiger partial charge in [0.05, 0.1) is 33.0 Å². The van der Waals surface area contributed by atoms with Gasteiger partial charge in [-0.3, -0.25) is 14.6 Å². The highest BCUT2D eigenvalue weighted by Crippen LogP contribution is 2.66. The Morgan fingerprint density at radius 3 is 2.52 bits per heavy atom. The standard InChI is InChI=1S/C43H54N4O7/c1-6-39-14-10-16-47-18-15-41(36(39)47)29-19-30(33(52-3)20-32(29)45-35(41)43(51,24-39)38(49)54-5)42(37(48)53-4)22-26-21-40(50,7-2)25-46(23-26)17-13-28-27-11-8-9-12-31(27)44-34(28)42/h8-12,14,19-20,26,35-36,44-45,50-51H,6-7,13,15-18,21-25H2,1-5H3/t26?,35-,36?,39?,40?,41?,42+,43-/m1/s1. The molecule has 54 heavy (non-hydrogen) atoms. The fourth-order valence-electron chi connectivity index (χ4n) is 12.6. The number of nitrogens with one attached hydrogen (secondary N) is 2. The van der Waals surface area contributed by atoms with Crippen LogP contribution in [0.5, 0.6) is 5.75 Å². The van der Waals surface area contributed by atoms with E-state index in [1.54, 1.807) is 7.11 Å². The summed E-state index contributed by atoms with van der Waals surface area (Å²) in [5, 5.41) is 29.3. The van der Waals surface area contributed by atoms with E-state index in [0.717, 1.165) is 66.0 Å². The van der Waals surface area contributed by atoms with Gasteiger partial charge >= 0.3 is 11.9 Å². The number of anilines is 1. The van der Waals surface area contributed by atoms with Gasteiger partial charge in [-0.15, -0.1) is 0 Å². The fourth-order valence-corrected chi connectivity index (χ4v) is 12.6. The molecule has 288 valence electrons. The van der Waals surface area contributed by atoms with Crippen LogP contribution in [0.15, 0.2) is 48.6 Å². The Morgan fingerprint density at radius 1 is 0.981 bits per heavy atom. The van der Waals surface area contributed by atoms with Gasteiger partial charge in [0.25, 0.3) is 0 Å². The number of para-hydroxylation sites is 1. The van der Waals surface area contributed by atoms with Gasteiger partial charge in [0, 0.05) is 77.0 Å². The van der Waals surface area contributed by atoms with E-state index in [-0.39, 0.29) is 24.3 Å². The first-order chi connectivity index (χ1) is 26.0. The third-order valence-corrected chi connectivity index (χ3v) is 14.8. The molecule has 5 aliphatic heterocycles. The van der Waals surface area contributed by atoms with Crippen molar-refractivity contribution in [1.82, 2.24) is 14.8 Å². The number of H-pyrrole nitrogens is 1. The van der Waals surface area contributed by atoms with Crippen LogP contribution >= 0.6 is 0 Å². The lowest BCUT2D eigenvalue weighted by molar-refractivity contribution is -0.179. The summed E-state index contributed by atoms with van der Waals surface area (Å²) in [5.41, 5.74) is 0.0457. The quantitative estimate of drug-likeness (QED) is 0.213. The molecule has 11 heteroatoms. The molecular formula is C43H54N4O7. The summed E-state index contributed by atoms with van der Waals surface area (Å²) in [7, 11) is 4.44. The summed E-state index contributed by atoms with van der Waals surface area (Å²) in [6, 6.07) is 11.7. The Labute approximate surface area is 317 Å². The van der Waals surface area contributed by atoms with Crippen molar-refractivity contribution in [2.75, 3.05) is 59.4 Å². The molecule has 1 aliphatic carbocycles. The van der Waals surface area contributed by atoms with Gasteiger partial charge in [-0.2, -0.15) is 0 Å². The van der Waals surface area contributed by atoms with E-state index in [4.69, 9.17) is 14.2 Å². The molecule has 3 aromatic rings. The molecule has 2 aromatic carbocycles. The normalized spacial score (nSPS) is 37.8.